The molecule has 2 heterocycles. The van der Waals surface area contributed by atoms with Crippen LogP contribution in [0.5, 0.6) is 11.5 Å². The number of amides is 1. The van der Waals surface area contributed by atoms with E-state index in [9.17, 15) is 9.59 Å². The number of ketones is 1. The van der Waals surface area contributed by atoms with Gasteiger partial charge in [0.15, 0.2) is 11.4 Å². The van der Waals surface area contributed by atoms with Crippen LogP contribution in [0.15, 0.2) is 42.5 Å². The van der Waals surface area contributed by atoms with Gasteiger partial charge in [-0.25, -0.2) is 0 Å². The lowest BCUT2D eigenvalue weighted by Gasteiger charge is -2.37. The minimum Gasteiger partial charge on any atom is -0.495 e. The topological polar surface area (TPSA) is 62.3 Å². The van der Waals surface area contributed by atoms with Gasteiger partial charge >= 0.3 is 0 Å². The number of hydrogen-bond acceptors (Lipinski definition) is 6. The maximum Gasteiger partial charge on any atom is 0.270 e. The Labute approximate surface area is 195 Å². The molecule has 1 amide bonds. The molecule has 0 spiro atoms. The van der Waals surface area contributed by atoms with Gasteiger partial charge in [-0.05, 0) is 57.1 Å². The van der Waals surface area contributed by atoms with Crippen molar-refractivity contribution in [3.8, 4) is 11.5 Å². The monoisotopic (exact) mass is 451 g/mol. The number of carbonyl (C=O) groups excluding carboxylic acids is 2. The first-order chi connectivity index (χ1) is 15.8. The maximum atomic E-state index is 12.8. The summed E-state index contributed by atoms with van der Waals surface area (Å²) in [6.07, 6.45) is 1.30. The van der Waals surface area contributed by atoms with Gasteiger partial charge in [-0.1, -0.05) is 12.1 Å². The highest BCUT2D eigenvalue weighted by Crippen LogP contribution is 2.37. The molecule has 1 fully saturated rings. The van der Waals surface area contributed by atoms with Crippen LogP contribution >= 0.6 is 0 Å². The van der Waals surface area contributed by atoms with Gasteiger partial charge in [-0.3, -0.25) is 14.5 Å². The standard InChI is InChI=1S/C26H33N3O4/c1-26(2)25(31)27(3)20-12-11-19(18-24(20)33-26)22(30)9-7-13-28-14-16-29(17-15-28)21-8-5-6-10-23(21)32-4/h5-6,8,10-12,18H,7,9,13-17H2,1-4H3. The molecular formula is C26H33N3O4. The molecule has 7 nitrogen and oxygen atoms in total. The van der Waals surface area contributed by atoms with E-state index in [0.29, 0.717) is 23.4 Å². The summed E-state index contributed by atoms with van der Waals surface area (Å²) in [6, 6.07) is 13.5. The van der Waals surface area contributed by atoms with E-state index in [-0.39, 0.29) is 11.7 Å². The van der Waals surface area contributed by atoms with Crippen LogP contribution in [0, 0.1) is 0 Å². The van der Waals surface area contributed by atoms with Gasteiger partial charge in [0.2, 0.25) is 0 Å². The second-order valence-corrected chi connectivity index (χ2v) is 9.19. The number of Topliss-reactive ketones (excluding diaryl/α,β-unsaturated/α-hetero) is 1. The summed E-state index contributed by atoms with van der Waals surface area (Å²) in [4.78, 5) is 31.6. The summed E-state index contributed by atoms with van der Waals surface area (Å²) in [5.74, 6) is 1.50. The molecule has 2 aromatic carbocycles. The van der Waals surface area contributed by atoms with E-state index in [0.717, 1.165) is 50.6 Å². The predicted molar refractivity (Wildman–Crippen MR) is 130 cm³/mol. The average molecular weight is 452 g/mol. The number of anilines is 2. The van der Waals surface area contributed by atoms with Crippen LogP contribution in [-0.4, -0.2) is 69.1 Å². The van der Waals surface area contributed by atoms with Crippen LogP contribution in [0.1, 0.15) is 37.0 Å². The van der Waals surface area contributed by atoms with Crippen molar-refractivity contribution in [3.63, 3.8) is 0 Å². The van der Waals surface area contributed by atoms with E-state index in [2.05, 4.69) is 15.9 Å². The van der Waals surface area contributed by atoms with Crippen molar-refractivity contribution in [1.29, 1.82) is 0 Å². The highest BCUT2D eigenvalue weighted by molar-refractivity contribution is 6.03. The lowest BCUT2D eigenvalue weighted by Crippen LogP contribution is -2.50. The number of likely N-dealkylation sites (N-methyl/N-ethyl adjacent to an activating group) is 1. The second kappa shape index (κ2) is 9.43. The number of fused-ring (bicyclic) bond motifs is 1. The number of carbonyl (C=O) groups is 2. The zero-order valence-electron chi connectivity index (χ0n) is 20.0. The normalized spacial score (nSPS) is 18.0. The van der Waals surface area contributed by atoms with E-state index in [1.807, 2.05) is 18.2 Å². The number of ether oxygens (including phenoxy) is 2. The van der Waals surface area contributed by atoms with Crippen molar-refractivity contribution in [1.82, 2.24) is 4.90 Å². The summed E-state index contributed by atoms with van der Waals surface area (Å²) in [5, 5.41) is 0. The fraction of sp³-hybridized carbons (Fsp3) is 0.462. The van der Waals surface area contributed by atoms with Crippen LogP contribution in [0.2, 0.25) is 0 Å². The van der Waals surface area contributed by atoms with Crippen LogP contribution in [0.4, 0.5) is 11.4 Å². The van der Waals surface area contributed by atoms with Crippen LogP contribution in [-0.2, 0) is 4.79 Å². The molecule has 2 aliphatic rings. The highest BCUT2D eigenvalue weighted by atomic mass is 16.5. The van der Waals surface area contributed by atoms with Gasteiger partial charge in [0.05, 0.1) is 18.5 Å². The summed E-state index contributed by atoms with van der Waals surface area (Å²) in [5.41, 5.74) is 1.53. The number of benzene rings is 2. The van der Waals surface area contributed by atoms with Gasteiger partial charge in [0, 0.05) is 45.2 Å². The summed E-state index contributed by atoms with van der Waals surface area (Å²) in [7, 11) is 3.44. The fourth-order valence-corrected chi connectivity index (χ4v) is 4.59. The number of rotatable bonds is 7. The Balaban J connectivity index is 1.28. The molecule has 0 aliphatic carbocycles. The van der Waals surface area contributed by atoms with Gasteiger partial charge in [-0.15, -0.1) is 0 Å². The predicted octanol–water partition coefficient (Wildman–Crippen LogP) is 3.61. The van der Waals surface area contributed by atoms with E-state index in [1.54, 1.807) is 51.1 Å². The van der Waals surface area contributed by atoms with Crippen molar-refractivity contribution in [3.05, 3.63) is 48.0 Å². The molecule has 1 saturated heterocycles. The Bertz CT molecular complexity index is 1030. The lowest BCUT2D eigenvalue weighted by molar-refractivity contribution is -0.132. The molecule has 0 radical (unpaired) electrons. The highest BCUT2D eigenvalue weighted by Gasteiger charge is 2.39. The van der Waals surface area contributed by atoms with E-state index in [1.165, 1.54) is 0 Å². The largest absolute Gasteiger partial charge is 0.495 e. The van der Waals surface area contributed by atoms with E-state index >= 15 is 0 Å². The SMILES string of the molecule is COc1ccccc1N1CCN(CCCC(=O)c2ccc3c(c2)OC(C)(C)C(=O)N3C)CC1. The smallest absolute Gasteiger partial charge is 0.270 e. The Kier molecular flexibility index (Phi) is 6.61. The third-order valence-electron chi connectivity index (χ3n) is 6.50. The van der Waals surface area contributed by atoms with Crippen molar-refractivity contribution < 1.29 is 19.1 Å². The second-order valence-electron chi connectivity index (χ2n) is 9.19. The van der Waals surface area contributed by atoms with Gasteiger partial charge in [0.25, 0.3) is 5.91 Å². The quantitative estimate of drug-likeness (QED) is 0.600. The number of para-hydroxylation sites is 2. The molecule has 4 rings (SSSR count). The van der Waals surface area contributed by atoms with Gasteiger partial charge in [-0.2, -0.15) is 0 Å². The molecule has 0 N–H and O–H groups in total. The van der Waals surface area contributed by atoms with E-state index < -0.39 is 5.60 Å². The summed E-state index contributed by atoms with van der Waals surface area (Å²) in [6.45, 7) is 8.21. The summed E-state index contributed by atoms with van der Waals surface area (Å²) < 4.78 is 11.4. The molecular weight excluding hydrogens is 418 g/mol. The van der Waals surface area contributed by atoms with Gasteiger partial charge < -0.3 is 19.3 Å². The first kappa shape index (κ1) is 23.1. The Morgan fingerprint density at radius 1 is 1.06 bits per heavy atom. The van der Waals surface area contributed by atoms with Crippen LogP contribution < -0.4 is 19.3 Å². The first-order valence-electron chi connectivity index (χ1n) is 11.5. The molecule has 7 heteroatoms. The van der Waals surface area contributed by atoms with Crippen LogP contribution in [0.25, 0.3) is 0 Å². The molecule has 176 valence electrons. The zero-order valence-corrected chi connectivity index (χ0v) is 20.0. The lowest BCUT2D eigenvalue weighted by atomic mass is 10.0. The van der Waals surface area contributed by atoms with E-state index in [4.69, 9.17) is 9.47 Å². The van der Waals surface area contributed by atoms with Crippen molar-refractivity contribution in [2.24, 2.45) is 0 Å². The average Bonchev–Trinajstić information content (AvgIpc) is 2.82. The van der Waals surface area contributed by atoms with Gasteiger partial charge in [0.1, 0.15) is 11.5 Å². The van der Waals surface area contributed by atoms with Crippen LogP contribution in [0.3, 0.4) is 0 Å². The number of nitrogens with zero attached hydrogens (tertiary/aromatic N) is 3. The molecule has 0 aromatic heterocycles. The molecule has 2 aromatic rings. The maximum absolute atomic E-state index is 12.8. The fourth-order valence-electron chi connectivity index (χ4n) is 4.59. The Hall–Kier alpha value is -3.06. The molecule has 33 heavy (non-hydrogen) atoms. The van der Waals surface area contributed by atoms with Crippen molar-refractivity contribution in [2.45, 2.75) is 32.3 Å². The molecule has 2 aliphatic heterocycles. The van der Waals surface area contributed by atoms with Crippen molar-refractivity contribution in [2.75, 3.05) is 56.7 Å². The summed E-state index contributed by atoms with van der Waals surface area (Å²) >= 11 is 0. The minimum absolute atomic E-state index is 0.0973. The number of methoxy groups -OCH3 is 1. The van der Waals surface area contributed by atoms with Crippen molar-refractivity contribution >= 4 is 23.1 Å². The third kappa shape index (κ3) is 4.83. The zero-order chi connectivity index (χ0) is 23.6. The Morgan fingerprint density at radius 2 is 1.79 bits per heavy atom. The minimum atomic E-state index is -0.935. The number of hydrogen-bond donors (Lipinski definition) is 0. The molecule has 0 unspecified atom stereocenters. The Morgan fingerprint density at radius 3 is 2.52 bits per heavy atom. The molecule has 0 atom stereocenters. The number of piperazine rings is 1. The molecule has 0 saturated carbocycles. The molecule has 0 bridgehead atoms. The third-order valence-corrected chi connectivity index (χ3v) is 6.50. The first-order valence-corrected chi connectivity index (χ1v) is 11.5.